The minimum absolute atomic E-state index is 0.00819. The number of carbonyl (C=O) groups is 1. The van der Waals surface area contributed by atoms with Gasteiger partial charge in [0.2, 0.25) is 0 Å². The molecular weight excluding hydrogens is 528 g/mol. The number of hydrogen-bond acceptors (Lipinski definition) is 3. The second-order valence-corrected chi connectivity index (χ2v) is 8.58. The predicted molar refractivity (Wildman–Crippen MR) is 134 cm³/mol. The van der Waals surface area contributed by atoms with Gasteiger partial charge in [0.1, 0.15) is 18.2 Å². The van der Waals surface area contributed by atoms with E-state index in [4.69, 9.17) is 4.74 Å². The molecule has 9 heteroatoms. The first kappa shape index (κ1) is 28.2. The van der Waals surface area contributed by atoms with Gasteiger partial charge < -0.3 is 9.64 Å². The van der Waals surface area contributed by atoms with Crippen LogP contribution in [-0.2, 0) is 10.9 Å². The van der Waals surface area contributed by atoms with Crippen molar-refractivity contribution in [3.05, 3.63) is 93.6 Å². The number of anilines is 2. The molecule has 1 aliphatic heterocycles. The molecule has 0 saturated heterocycles. The van der Waals surface area contributed by atoms with Crippen LogP contribution in [0.15, 0.2) is 71.1 Å². The summed E-state index contributed by atoms with van der Waals surface area (Å²) in [6, 6.07) is 7.17. The molecule has 0 radical (unpaired) electrons. The van der Waals surface area contributed by atoms with Crippen molar-refractivity contribution in [3.63, 3.8) is 0 Å². The summed E-state index contributed by atoms with van der Waals surface area (Å²) < 4.78 is 59.6. The van der Waals surface area contributed by atoms with Gasteiger partial charge in [0.05, 0.1) is 29.6 Å². The molecule has 2 aromatic rings. The van der Waals surface area contributed by atoms with Gasteiger partial charge in [0, 0.05) is 10.2 Å². The summed E-state index contributed by atoms with van der Waals surface area (Å²) in [6.07, 6.45) is -1.49. The Kier molecular flexibility index (Phi) is 9.31. The minimum atomic E-state index is -4.62. The number of methoxy groups -OCH3 is 1. The monoisotopic (exact) mass is 554 g/mol. The topological polar surface area (TPSA) is 32.8 Å². The second-order valence-electron chi connectivity index (χ2n) is 7.39. The lowest BCUT2D eigenvalue weighted by molar-refractivity contribution is -0.137. The van der Waals surface area contributed by atoms with Crippen LogP contribution in [0.4, 0.5) is 28.9 Å². The number of nitrogens with zero attached hydrogens (tertiary/aromatic N) is 2. The molecule has 1 heterocycles. The van der Waals surface area contributed by atoms with E-state index in [0.29, 0.717) is 32.9 Å². The molecule has 0 saturated carbocycles. The van der Waals surface area contributed by atoms with Gasteiger partial charge in [0.25, 0.3) is 5.91 Å². The Bertz CT molecular complexity index is 1170. The van der Waals surface area contributed by atoms with Gasteiger partial charge >= 0.3 is 6.18 Å². The summed E-state index contributed by atoms with van der Waals surface area (Å²) in [5.41, 5.74) is 0.787. The van der Waals surface area contributed by atoms with E-state index in [1.165, 1.54) is 36.3 Å². The van der Waals surface area contributed by atoms with Crippen LogP contribution >= 0.6 is 15.9 Å². The number of benzene rings is 2. The van der Waals surface area contributed by atoms with Crippen LogP contribution in [0, 0.1) is 12.7 Å². The maximum absolute atomic E-state index is 13.7. The molecule has 0 aliphatic carbocycles. The van der Waals surface area contributed by atoms with E-state index >= 15 is 0 Å². The van der Waals surface area contributed by atoms with Crippen LogP contribution < -0.4 is 4.90 Å². The first-order chi connectivity index (χ1) is 16.4. The largest absolute Gasteiger partial charge is 0.497 e. The Morgan fingerprint density at radius 2 is 1.74 bits per heavy atom. The number of alkyl halides is 3. The number of rotatable bonds is 5. The van der Waals surface area contributed by atoms with Gasteiger partial charge in [0.15, 0.2) is 0 Å². The van der Waals surface area contributed by atoms with Crippen molar-refractivity contribution in [1.29, 1.82) is 0 Å². The molecule has 0 aromatic heterocycles. The molecule has 3 rings (SSSR count). The summed E-state index contributed by atoms with van der Waals surface area (Å²) >= 11 is 3.38. The first-order valence-corrected chi connectivity index (χ1v) is 11.6. The van der Waals surface area contributed by atoms with Crippen LogP contribution in [0.3, 0.4) is 0 Å². The predicted octanol–water partition coefficient (Wildman–Crippen LogP) is 8.07. The number of halogens is 5. The fourth-order valence-corrected chi connectivity index (χ4v) is 3.84. The van der Waals surface area contributed by atoms with Crippen LogP contribution in [0.1, 0.15) is 42.3 Å². The molecular formula is C26H27BrF4N2O2. The molecule has 0 unspecified atom stereocenters. The van der Waals surface area contributed by atoms with Gasteiger partial charge in [-0.3, -0.25) is 9.69 Å². The van der Waals surface area contributed by atoms with Crippen molar-refractivity contribution < 1.29 is 27.1 Å². The van der Waals surface area contributed by atoms with Gasteiger partial charge in [-0.2, -0.15) is 13.2 Å². The molecule has 0 fully saturated rings. The number of fused-ring (bicyclic) bond motifs is 1. The van der Waals surface area contributed by atoms with Crippen molar-refractivity contribution >= 4 is 33.2 Å². The number of carbonyl (C=O) groups excluding carboxylic acids is 1. The van der Waals surface area contributed by atoms with Crippen molar-refractivity contribution in [2.24, 2.45) is 0 Å². The Hall–Kier alpha value is -3.07. The van der Waals surface area contributed by atoms with E-state index in [1.807, 2.05) is 13.8 Å². The highest BCUT2D eigenvalue weighted by Crippen LogP contribution is 2.40. The van der Waals surface area contributed by atoms with Crippen molar-refractivity contribution in [3.8, 4) is 0 Å². The van der Waals surface area contributed by atoms with E-state index < -0.39 is 23.5 Å². The third-order valence-corrected chi connectivity index (χ3v) is 5.56. The zero-order valence-electron chi connectivity index (χ0n) is 20.1. The standard InChI is InChI=1S/C24H21BrF4N2O2.C2H6/c1-14-11-18(26)7-10-20(14)30-13-31(21(16(3)25)8-5-15(2)33-4)23(32)19-12-17(24(27,28)29)6-9-22(19)30;1-2/h5-12H,2,13H2,1,3-4H3;1-2H3/b8-5-,21-16-;. The number of allylic oxidation sites excluding steroid dienone is 3. The molecule has 0 bridgehead atoms. The lowest BCUT2D eigenvalue weighted by Crippen LogP contribution is -2.44. The Morgan fingerprint density at radius 1 is 1.11 bits per heavy atom. The molecule has 0 spiro atoms. The number of ether oxygens (including phenoxy) is 1. The smallest absolute Gasteiger partial charge is 0.416 e. The molecule has 35 heavy (non-hydrogen) atoms. The fraction of sp³-hybridized carbons (Fsp3) is 0.269. The third kappa shape index (κ3) is 6.33. The first-order valence-electron chi connectivity index (χ1n) is 10.8. The molecule has 4 nitrogen and oxygen atoms in total. The lowest BCUT2D eigenvalue weighted by Gasteiger charge is -2.39. The van der Waals surface area contributed by atoms with E-state index in [-0.39, 0.29) is 12.2 Å². The van der Waals surface area contributed by atoms with Gasteiger partial charge in [-0.25, -0.2) is 4.39 Å². The summed E-state index contributed by atoms with van der Waals surface area (Å²) in [7, 11) is 1.44. The minimum Gasteiger partial charge on any atom is -0.497 e. The van der Waals surface area contributed by atoms with Crippen LogP contribution in [-0.4, -0.2) is 24.6 Å². The maximum Gasteiger partial charge on any atom is 0.416 e. The number of aryl methyl sites for hydroxylation is 1. The van der Waals surface area contributed by atoms with Crippen LogP contribution in [0.5, 0.6) is 0 Å². The van der Waals surface area contributed by atoms with Gasteiger partial charge in [-0.05, 0) is 68.0 Å². The van der Waals surface area contributed by atoms with E-state index in [2.05, 4.69) is 22.5 Å². The van der Waals surface area contributed by atoms with Gasteiger partial charge in [-0.1, -0.05) is 36.4 Å². The third-order valence-electron chi connectivity index (χ3n) is 5.16. The summed E-state index contributed by atoms with van der Waals surface area (Å²) in [4.78, 5) is 16.4. The summed E-state index contributed by atoms with van der Waals surface area (Å²) in [6.45, 7) is 11.1. The summed E-state index contributed by atoms with van der Waals surface area (Å²) in [5.74, 6) is -0.711. The highest BCUT2D eigenvalue weighted by molar-refractivity contribution is 9.11. The highest BCUT2D eigenvalue weighted by Gasteiger charge is 2.37. The average molecular weight is 555 g/mol. The van der Waals surface area contributed by atoms with E-state index in [1.54, 1.807) is 30.9 Å². The molecule has 1 aliphatic rings. The lowest BCUT2D eigenvalue weighted by atomic mass is 10.0. The van der Waals surface area contributed by atoms with Crippen LogP contribution in [0.2, 0.25) is 0 Å². The Morgan fingerprint density at radius 3 is 2.29 bits per heavy atom. The summed E-state index contributed by atoms with van der Waals surface area (Å²) in [5, 5.41) is 0. The quantitative estimate of drug-likeness (QED) is 0.213. The van der Waals surface area contributed by atoms with E-state index in [9.17, 15) is 22.4 Å². The zero-order chi connectivity index (χ0) is 26.5. The van der Waals surface area contributed by atoms with Crippen molar-refractivity contribution in [1.82, 2.24) is 4.90 Å². The Labute approximate surface area is 211 Å². The van der Waals surface area contributed by atoms with Gasteiger partial charge in [-0.15, -0.1) is 0 Å². The Balaban J connectivity index is 0.00000210. The number of hydrogen-bond donors (Lipinski definition) is 0. The molecule has 0 atom stereocenters. The van der Waals surface area contributed by atoms with Crippen LogP contribution in [0.25, 0.3) is 0 Å². The van der Waals surface area contributed by atoms with E-state index in [0.717, 1.165) is 12.1 Å². The molecule has 188 valence electrons. The average Bonchev–Trinajstić information content (AvgIpc) is 2.81. The SMILES string of the molecule is C=C(/C=C\C(=C(/C)Br)N1CN(c2ccc(F)cc2C)c2ccc(C(F)(F)F)cc2C1=O)OC.CC. The molecule has 1 amide bonds. The number of amides is 1. The van der Waals surface area contributed by atoms with Crippen molar-refractivity contribution in [2.75, 3.05) is 18.7 Å². The highest BCUT2D eigenvalue weighted by atomic mass is 79.9. The molecule has 0 N–H and O–H groups in total. The maximum atomic E-state index is 13.7. The second kappa shape index (κ2) is 11.6. The zero-order valence-corrected chi connectivity index (χ0v) is 21.7. The fourth-order valence-electron chi connectivity index (χ4n) is 3.49. The molecule has 2 aromatic carbocycles. The van der Waals surface area contributed by atoms with Crippen molar-refractivity contribution in [2.45, 2.75) is 33.9 Å². The normalized spacial score (nSPS) is 14.3.